The van der Waals surface area contributed by atoms with Gasteiger partial charge in [0.05, 0.1) is 5.52 Å². The maximum atomic E-state index is 12.6. The largest absolute Gasteiger partial charge is 0.333 e. The third-order valence-corrected chi connectivity index (χ3v) is 3.60. The van der Waals surface area contributed by atoms with E-state index in [1.165, 1.54) is 0 Å². The van der Waals surface area contributed by atoms with Crippen LogP contribution in [0.1, 0.15) is 23.0 Å². The Balaban J connectivity index is 1.86. The number of amides is 1. The highest BCUT2D eigenvalue weighted by atomic mass is 16.2. The first kappa shape index (κ1) is 14.2. The molecule has 0 saturated carbocycles. The van der Waals surface area contributed by atoms with E-state index in [9.17, 15) is 4.79 Å². The van der Waals surface area contributed by atoms with Crippen molar-refractivity contribution in [1.82, 2.24) is 15.1 Å². The average molecular weight is 291 g/mol. The molecule has 1 heterocycles. The highest BCUT2D eigenvalue weighted by molar-refractivity contribution is 5.95. The van der Waals surface area contributed by atoms with E-state index < -0.39 is 0 Å². The van der Waals surface area contributed by atoms with Gasteiger partial charge in [-0.05, 0) is 24.6 Å². The molecule has 0 fully saturated rings. The molecule has 1 aromatic heterocycles. The first-order valence-electron chi connectivity index (χ1n) is 7.33. The van der Waals surface area contributed by atoms with E-state index in [-0.39, 0.29) is 5.91 Å². The second-order valence-electron chi connectivity index (χ2n) is 5.09. The predicted molar refractivity (Wildman–Crippen MR) is 86.4 cm³/mol. The van der Waals surface area contributed by atoms with Crippen LogP contribution in [-0.4, -0.2) is 27.5 Å². The van der Waals surface area contributed by atoms with Gasteiger partial charge in [0.2, 0.25) is 0 Å². The number of hydrogen-bond donors (Lipinski definition) is 0. The van der Waals surface area contributed by atoms with Gasteiger partial charge in [-0.25, -0.2) is 0 Å². The lowest BCUT2D eigenvalue weighted by molar-refractivity contribution is 0.0745. The molecule has 0 aliphatic carbocycles. The summed E-state index contributed by atoms with van der Waals surface area (Å²) in [6.45, 7) is 3.17. The molecule has 3 rings (SSSR count). The molecule has 0 aliphatic heterocycles. The highest BCUT2D eigenvalue weighted by Crippen LogP contribution is 2.13. The van der Waals surface area contributed by atoms with Crippen molar-refractivity contribution >= 4 is 16.8 Å². The normalized spacial score (nSPS) is 10.6. The van der Waals surface area contributed by atoms with Gasteiger partial charge in [-0.1, -0.05) is 48.5 Å². The summed E-state index contributed by atoms with van der Waals surface area (Å²) in [6, 6.07) is 19.4. The fourth-order valence-corrected chi connectivity index (χ4v) is 2.38. The second-order valence-corrected chi connectivity index (χ2v) is 5.09. The second kappa shape index (κ2) is 6.35. The lowest BCUT2D eigenvalue weighted by Gasteiger charge is -2.20. The van der Waals surface area contributed by atoms with Crippen LogP contribution in [0, 0.1) is 0 Å². The van der Waals surface area contributed by atoms with Crippen molar-refractivity contribution in [3.63, 3.8) is 0 Å². The number of aromatic nitrogens is 2. The molecular formula is C18H17N3O. The molecule has 3 aromatic rings. The van der Waals surface area contributed by atoms with E-state index in [2.05, 4.69) is 10.2 Å². The third kappa shape index (κ3) is 2.96. The lowest BCUT2D eigenvalue weighted by atomic mass is 10.2. The minimum absolute atomic E-state index is 0.0930. The quantitative estimate of drug-likeness (QED) is 0.741. The Bertz CT molecular complexity index is 786. The van der Waals surface area contributed by atoms with Gasteiger partial charge in [0, 0.05) is 18.5 Å². The van der Waals surface area contributed by atoms with Gasteiger partial charge < -0.3 is 4.90 Å². The standard InChI is InChI=1S/C18H17N3O/c1-2-21(13-14-8-4-3-5-9-14)18(22)17-12-15-10-6-7-11-16(15)19-20-17/h3-12H,2,13H2,1H3. The minimum Gasteiger partial charge on any atom is -0.333 e. The Labute approximate surface area is 129 Å². The maximum absolute atomic E-state index is 12.6. The number of carbonyl (C=O) groups excluding carboxylic acids is 1. The van der Waals surface area contributed by atoms with Crippen LogP contribution in [0.2, 0.25) is 0 Å². The smallest absolute Gasteiger partial charge is 0.274 e. The first-order valence-corrected chi connectivity index (χ1v) is 7.33. The van der Waals surface area contributed by atoms with Crippen LogP contribution in [0.5, 0.6) is 0 Å². The van der Waals surface area contributed by atoms with Gasteiger partial charge in [0.15, 0.2) is 5.69 Å². The van der Waals surface area contributed by atoms with Gasteiger partial charge in [-0.15, -0.1) is 10.2 Å². The Morgan fingerprint density at radius 1 is 1.00 bits per heavy atom. The topological polar surface area (TPSA) is 46.1 Å². The number of fused-ring (bicyclic) bond motifs is 1. The average Bonchev–Trinajstić information content (AvgIpc) is 2.59. The van der Waals surface area contributed by atoms with Crippen LogP contribution in [0.15, 0.2) is 60.7 Å². The number of hydrogen-bond acceptors (Lipinski definition) is 3. The lowest BCUT2D eigenvalue weighted by Crippen LogP contribution is -2.31. The molecule has 0 saturated heterocycles. The maximum Gasteiger partial charge on any atom is 0.274 e. The molecule has 0 bridgehead atoms. The van der Waals surface area contributed by atoms with Crippen LogP contribution >= 0.6 is 0 Å². The van der Waals surface area contributed by atoms with E-state index >= 15 is 0 Å². The van der Waals surface area contributed by atoms with E-state index in [0.717, 1.165) is 16.5 Å². The Morgan fingerprint density at radius 2 is 1.73 bits per heavy atom. The SMILES string of the molecule is CCN(Cc1ccccc1)C(=O)c1cc2ccccc2nn1. The van der Waals surface area contributed by atoms with E-state index in [0.29, 0.717) is 18.8 Å². The summed E-state index contributed by atoms with van der Waals surface area (Å²) < 4.78 is 0. The van der Waals surface area contributed by atoms with Crippen molar-refractivity contribution in [2.45, 2.75) is 13.5 Å². The van der Waals surface area contributed by atoms with Gasteiger partial charge in [0.25, 0.3) is 5.91 Å². The summed E-state index contributed by atoms with van der Waals surface area (Å²) in [7, 11) is 0. The van der Waals surface area contributed by atoms with Crippen molar-refractivity contribution < 1.29 is 4.79 Å². The van der Waals surface area contributed by atoms with Crippen molar-refractivity contribution in [3.05, 3.63) is 71.9 Å². The van der Waals surface area contributed by atoms with E-state index in [1.807, 2.05) is 61.5 Å². The molecule has 4 heteroatoms. The molecule has 2 aromatic carbocycles. The summed E-state index contributed by atoms with van der Waals surface area (Å²) in [4.78, 5) is 14.4. The molecule has 1 amide bonds. The fraction of sp³-hybridized carbons (Fsp3) is 0.167. The summed E-state index contributed by atoms with van der Waals surface area (Å²) in [5.74, 6) is -0.0930. The van der Waals surface area contributed by atoms with Gasteiger partial charge in [0.1, 0.15) is 0 Å². The summed E-state index contributed by atoms with van der Waals surface area (Å²) in [5, 5.41) is 9.13. The van der Waals surface area contributed by atoms with Crippen molar-refractivity contribution in [2.75, 3.05) is 6.54 Å². The van der Waals surface area contributed by atoms with Crippen molar-refractivity contribution in [1.29, 1.82) is 0 Å². The molecule has 0 spiro atoms. The minimum atomic E-state index is -0.0930. The number of carbonyl (C=O) groups is 1. The molecule has 4 nitrogen and oxygen atoms in total. The number of nitrogens with zero attached hydrogens (tertiary/aromatic N) is 3. The van der Waals surface area contributed by atoms with Crippen LogP contribution in [0.4, 0.5) is 0 Å². The summed E-state index contributed by atoms with van der Waals surface area (Å²) in [6.07, 6.45) is 0. The van der Waals surface area contributed by atoms with E-state index in [1.54, 1.807) is 11.0 Å². The van der Waals surface area contributed by atoms with Gasteiger partial charge >= 0.3 is 0 Å². The van der Waals surface area contributed by atoms with Crippen molar-refractivity contribution in [3.8, 4) is 0 Å². The molecule has 0 aliphatic rings. The zero-order chi connectivity index (χ0) is 15.4. The summed E-state index contributed by atoms with van der Waals surface area (Å²) in [5.41, 5.74) is 2.29. The number of benzene rings is 2. The molecule has 110 valence electrons. The van der Waals surface area contributed by atoms with Crippen molar-refractivity contribution in [2.24, 2.45) is 0 Å². The molecule has 0 atom stereocenters. The first-order chi connectivity index (χ1) is 10.8. The van der Waals surface area contributed by atoms with Gasteiger partial charge in [-0.3, -0.25) is 4.79 Å². The molecule has 0 radical (unpaired) electrons. The predicted octanol–water partition coefficient (Wildman–Crippen LogP) is 3.29. The van der Waals surface area contributed by atoms with Gasteiger partial charge in [-0.2, -0.15) is 0 Å². The zero-order valence-corrected chi connectivity index (χ0v) is 12.4. The third-order valence-electron chi connectivity index (χ3n) is 3.60. The van der Waals surface area contributed by atoms with E-state index in [4.69, 9.17) is 0 Å². The van der Waals surface area contributed by atoms with Crippen LogP contribution in [0.3, 0.4) is 0 Å². The number of rotatable bonds is 4. The Hall–Kier alpha value is -2.75. The Morgan fingerprint density at radius 3 is 2.50 bits per heavy atom. The van der Waals surface area contributed by atoms with Crippen LogP contribution in [-0.2, 0) is 6.54 Å². The molecule has 22 heavy (non-hydrogen) atoms. The fourth-order valence-electron chi connectivity index (χ4n) is 2.38. The molecule has 0 N–H and O–H groups in total. The Kier molecular flexibility index (Phi) is 4.10. The highest BCUT2D eigenvalue weighted by Gasteiger charge is 2.16. The molecular weight excluding hydrogens is 274 g/mol. The van der Waals surface area contributed by atoms with Crippen LogP contribution in [0.25, 0.3) is 10.9 Å². The van der Waals surface area contributed by atoms with Crippen LogP contribution < -0.4 is 0 Å². The molecule has 0 unspecified atom stereocenters. The zero-order valence-electron chi connectivity index (χ0n) is 12.4. The monoisotopic (exact) mass is 291 g/mol. The summed E-state index contributed by atoms with van der Waals surface area (Å²) >= 11 is 0.